The van der Waals surface area contributed by atoms with Gasteiger partial charge in [0.25, 0.3) is 0 Å². The predicted molar refractivity (Wildman–Crippen MR) is 81.9 cm³/mol. The van der Waals surface area contributed by atoms with Gasteiger partial charge in [-0.25, -0.2) is 0 Å². The van der Waals surface area contributed by atoms with Crippen LogP contribution in [0.5, 0.6) is 0 Å². The van der Waals surface area contributed by atoms with Gasteiger partial charge in [-0.15, -0.1) is 0 Å². The normalized spacial score (nSPS) is 12.6. The molecule has 0 saturated carbocycles. The van der Waals surface area contributed by atoms with Gasteiger partial charge in [0.2, 0.25) is 5.91 Å². The smallest absolute Gasteiger partial charge is 0.239 e. The van der Waals surface area contributed by atoms with E-state index in [2.05, 4.69) is 27.4 Å². The standard InChI is InChI=1S/C14H15BrN2OS/c1-17(8-10-5-6-19-9-10)13(14(16)18)11-3-2-4-12(15)7-11/h2-7,9,13H,8H2,1H3,(H2,16,18)/t13-/m0/s1. The van der Waals surface area contributed by atoms with E-state index in [1.54, 1.807) is 11.3 Å². The van der Waals surface area contributed by atoms with E-state index in [9.17, 15) is 4.79 Å². The number of primary amides is 1. The topological polar surface area (TPSA) is 46.3 Å². The summed E-state index contributed by atoms with van der Waals surface area (Å²) in [6, 6.07) is 9.33. The van der Waals surface area contributed by atoms with Crippen LogP contribution in [0.15, 0.2) is 45.6 Å². The van der Waals surface area contributed by atoms with Crippen molar-refractivity contribution in [2.75, 3.05) is 7.05 Å². The molecule has 1 aromatic carbocycles. The number of likely N-dealkylation sites (N-methyl/N-ethyl adjacent to an activating group) is 1. The second-order valence-electron chi connectivity index (χ2n) is 4.41. The Morgan fingerprint density at radius 1 is 1.47 bits per heavy atom. The molecule has 1 amide bonds. The van der Waals surface area contributed by atoms with Gasteiger partial charge in [0.15, 0.2) is 0 Å². The molecule has 1 aromatic heterocycles. The van der Waals surface area contributed by atoms with Crippen LogP contribution in [0.2, 0.25) is 0 Å². The van der Waals surface area contributed by atoms with E-state index in [-0.39, 0.29) is 5.91 Å². The molecule has 19 heavy (non-hydrogen) atoms. The molecule has 0 radical (unpaired) electrons. The number of thiophene rings is 1. The van der Waals surface area contributed by atoms with E-state index in [1.807, 2.05) is 41.6 Å². The van der Waals surface area contributed by atoms with Crippen LogP contribution in [0.3, 0.4) is 0 Å². The van der Waals surface area contributed by atoms with Crippen molar-refractivity contribution >= 4 is 33.2 Å². The molecule has 0 spiro atoms. The Bertz CT molecular complexity index is 556. The molecule has 0 saturated heterocycles. The van der Waals surface area contributed by atoms with Crippen molar-refractivity contribution in [2.45, 2.75) is 12.6 Å². The highest BCUT2D eigenvalue weighted by atomic mass is 79.9. The molecule has 2 rings (SSSR count). The minimum absolute atomic E-state index is 0.337. The number of carbonyl (C=O) groups excluding carboxylic acids is 1. The van der Waals surface area contributed by atoms with Crippen LogP contribution < -0.4 is 5.73 Å². The SMILES string of the molecule is CN(Cc1ccsc1)[C@H](C(N)=O)c1cccc(Br)c1. The summed E-state index contributed by atoms with van der Waals surface area (Å²) in [5, 5.41) is 4.11. The van der Waals surface area contributed by atoms with Gasteiger partial charge in [-0.1, -0.05) is 28.1 Å². The van der Waals surface area contributed by atoms with Crippen molar-refractivity contribution in [3.63, 3.8) is 0 Å². The summed E-state index contributed by atoms with van der Waals surface area (Å²) in [6.45, 7) is 0.698. The van der Waals surface area contributed by atoms with Crippen molar-refractivity contribution in [3.05, 3.63) is 56.7 Å². The predicted octanol–water partition coefficient (Wildman–Crippen LogP) is 3.17. The first-order valence-electron chi connectivity index (χ1n) is 5.84. The third kappa shape index (κ3) is 3.65. The summed E-state index contributed by atoms with van der Waals surface area (Å²) < 4.78 is 0.945. The Kier molecular flexibility index (Phi) is 4.74. The molecule has 2 N–H and O–H groups in total. The molecule has 0 unspecified atom stereocenters. The van der Waals surface area contributed by atoms with Crippen LogP contribution in [-0.2, 0) is 11.3 Å². The van der Waals surface area contributed by atoms with Crippen molar-refractivity contribution in [1.82, 2.24) is 4.90 Å². The van der Waals surface area contributed by atoms with Gasteiger partial charge in [0.1, 0.15) is 6.04 Å². The molecule has 1 heterocycles. The van der Waals surface area contributed by atoms with E-state index in [0.29, 0.717) is 6.54 Å². The molecule has 2 aromatic rings. The number of amides is 1. The fourth-order valence-electron chi connectivity index (χ4n) is 2.07. The maximum atomic E-state index is 11.7. The largest absolute Gasteiger partial charge is 0.368 e. The van der Waals surface area contributed by atoms with Gasteiger partial charge in [0, 0.05) is 11.0 Å². The Morgan fingerprint density at radius 3 is 2.84 bits per heavy atom. The number of carbonyl (C=O) groups is 1. The molecule has 0 aliphatic rings. The first-order valence-corrected chi connectivity index (χ1v) is 7.57. The highest BCUT2D eigenvalue weighted by Gasteiger charge is 2.23. The summed E-state index contributed by atoms with van der Waals surface area (Å²) in [5.74, 6) is -0.337. The number of hydrogen-bond donors (Lipinski definition) is 1. The molecule has 100 valence electrons. The lowest BCUT2D eigenvalue weighted by Gasteiger charge is -2.25. The van der Waals surface area contributed by atoms with Crippen LogP contribution >= 0.6 is 27.3 Å². The minimum Gasteiger partial charge on any atom is -0.368 e. The van der Waals surface area contributed by atoms with E-state index in [4.69, 9.17) is 5.73 Å². The Hall–Kier alpha value is -1.17. The molecule has 0 aliphatic heterocycles. The Balaban J connectivity index is 2.22. The van der Waals surface area contributed by atoms with Gasteiger partial charge < -0.3 is 5.73 Å². The Labute approximate surface area is 125 Å². The van der Waals surface area contributed by atoms with Crippen LogP contribution in [0, 0.1) is 0 Å². The van der Waals surface area contributed by atoms with Gasteiger partial charge in [-0.3, -0.25) is 9.69 Å². The minimum atomic E-state index is -0.419. The quantitative estimate of drug-likeness (QED) is 0.910. The second-order valence-corrected chi connectivity index (χ2v) is 6.10. The zero-order valence-corrected chi connectivity index (χ0v) is 12.9. The molecule has 0 fully saturated rings. The average Bonchev–Trinajstić information content (AvgIpc) is 2.81. The summed E-state index contributed by atoms with van der Waals surface area (Å²) in [5.41, 5.74) is 7.65. The number of halogens is 1. The third-order valence-electron chi connectivity index (χ3n) is 2.89. The lowest BCUT2D eigenvalue weighted by Crippen LogP contribution is -2.34. The van der Waals surface area contributed by atoms with Crippen molar-refractivity contribution in [3.8, 4) is 0 Å². The van der Waals surface area contributed by atoms with Gasteiger partial charge >= 0.3 is 0 Å². The third-order valence-corrected chi connectivity index (χ3v) is 4.11. The summed E-state index contributed by atoms with van der Waals surface area (Å²) in [6.07, 6.45) is 0. The van der Waals surface area contributed by atoms with Gasteiger partial charge in [-0.2, -0.15) is 11.3 Å². The molecule has 0 aliphatic carbocycles. The first-order chi connectivity index (χ1) is 9.08. The van der Waals surface area contributed by atoms with Gasteiger partial charge in [-0.05, 0) is 47.1 Å². The highest BCUT2D eigenvalue weighted by molar-refractivity contribution is 9.10. The van der Waals surface area contributed by atoms with E-state index in [1.165, 1.54) is 5.56 Å². The molecular weight excluding hydrogens is 324 g/mol. The van der Waals surface area contributed by atoms with Gasteiger partial charge in [0.05, 0.1) is 0 Å². The van der Waals surface area contributed by atoms with E-state index >= 15 is 0 Å². The monoisotopic (exact) mass is 338 g/mol. The number of nitrogens with two attached hydrogens (primary N) is 1. The average molecular weight is 339 g/mol. The fourth-order valence-corrected chi connectivity index (χ4v) is 3.15. The van der Waals surface area contributed by atoms with Crippen LogP contribution in [-0.4, -0.2) is 17.9 Å². The second kappa shape index (κ2) is 6.32. The van der Waals surface area contributed by atoms with E-state index < -0.39 is 6.04 Å². The lowest BCUT2D eigenvalue weighted by molar-refractivity contribution is -0.123. The summed E-state index contributed by atoms with van der Waals surface area (Å²) in [7, 11) is 1.91. The maximum absolute atomic E-state index is 11.7. The number of benzene rings is 1. The highest BCUT2D eigenvalue weighted by Crippen LogP contribution is 2.24. The van der Waals surface area contributed by atoms with Crippen LogP contribution in [0.4, 0.5) is 0 Å². The van der Waals surface area contributed by atoms with Crippen molar-refractivity contribution in [1.29, 1.82) is 0 Å². The zero-order chi connectivity index (χ0) is 13.8. The number of nitrogens with zero attached hydrogens (tertiary/aromatic N) is 1. The summed E-state index contributed by atoms with van der Waals surface area (Å²) in [4.78, 5) is 13.7. The summed E-state index contributed by atoms with van der Waals surface area (Å²) >= 11 is 5.07. The number of hydrogen-bond acceptors (Lipinski definition) is 3. The zero-order valence-electron chi connectivity index (χ0n) is 10.5. The molecule has 3 nitrogen and oxygen atoms in total. The maximum Gasteiger partial charge on any atom is 0.239 e. The number of rotatable bonds is 5. The Morgan fingerprint density at radius 2 is 2.26 bits per heavy atom. The van der Waals surface area contributed by atoms with Crippen LogP contribution in [0.25, 0.3) is 0 Å². The molecule has 1 atom stereocenters. The van der Waals surface area contributed by atoms with E-state index in [0.717, 1.165) is 10.0 Å². The van der Waals surface area contributed by atoms with Crippen LogP contribution in [0.1, 0.15) is 17.2 Å². The van der Waals surface area contributed by atoms with Crippen molar-refractivity contribution < 1.29 is 4.79 Å². The van der Waals surface area contributed by atoms with Crippen molar-refractivity contribution in [2.24, 2.45) is 5.73 Å². The lowest BCUT2D eigenvalue weighted by atomic mass is 10.0. The molecule has 0 bridgehead atoms. The first kappa shape index (κ1) is 14.2. The molecule has 5 heteroatoms. The molecular formula is C14H15BrN2OS. The fraction of sp³-hybridized carbons (Fsp3) is 0.214.